The number of nitrogen functional groups attached to an aromatic ring is 1. The first-order chi connectivity index (χ1) is 8.17. The molecule has 5 nitrogen and oxygen atoms in total. The second-order valence-corrected chi connectivity index (χ2v) is 4.64. The molecule has 2 aromatic heterocycles. The van der Waals surface area contributed by atoms with Crippen molar-refractivity contribution in [1.29, 1.82) is 0 Å². The summed E-state index contributed by atoms with van der Waals surface area (Å²) in [7, 11) is 1.63. The van der Waals surface area contributed by atoms with E-state index in [1.54, 1.807) is 24.5 Å². The normalized spacial score (nSPS) is 10.7. The lowest BCUT2D eigenvalue weighted by Crippen LogP contribution is -2.04. The number of nitrogens with zero attached hydrogens (tertiary/aromatic N) is 3. The molecule has 0 aliphatic rings. The van der Waals surface area contributed by atoms with Crippen LogP contribution in [0.1, 0.15) is 22.2 Å². The number of aromatic nitrogens is 3. The highest BCUT2D eigenvalue weighted by Crippen LogP contribution is 2.13. The lowest BCUT2D eigenvalue weighted by atomic mass is 10.3. The van der Waals surface area contributed by atoms with E-state index < -0.39 is 0 Å². The van der Waals surface area contributed by atoms with E-state index in [9.17, 15) is 0 Å². The van der Waals surface area contributed by atoms with Gasteiger partial charge in [-0.2, -0.15) is 0 Å². The minimum atomic E-state index is 0.441. The van der Waals surface area contributed by atoms with Crippen molar-refractivity contribution in [1.82, 2.24) is 15.0 Å². The Morgan fingerprint density at radius 1 is 1.35 bits per heavy atom. The summed E-state index contributed by atoms with van der Waals surface area (Å²) in [5, 5.41) is 3.01. The van der Waals surface area contributed by atoms with Gasteiger partial charge in [-0.1, -0.05) is 0 Å². The highest BCUT2D eigenvalue weighted by atomic mass is 32.1. The number of thiazole rings is 1. The van der Waals surface area contributed by atoms with Crippen molar-refractivity contribution in [3.8, 4) is 0 Å². The monoisotopic (exact) mass is 250 g/mol. The van der Waals surface area contributed by atoms with Crippen LogP contribution < -0.4 is 5.73 Å². The van der Waals surface area contributed by atoms with Crippen LogP contribution in [0.3, 0.4) is 0 Å². The van der Waals surface area contributed by atoms with Crippen molar-refractivity contribution >= 4 is 17.2 Å². The molecule has 0 fully saturated rings. The summed E-state index contributed by atoms with van der Waals surface area (Å²) >= 11 is 1.61. The molecule has 0 spiro atoms. The molecule has 2 heterocycles. The third kappa shape index (κ3) is 3.21. The van der Waals surface area contributed by atoms with Gasteiger partial charge in [0.05, 0.1) is 18.7 Å². The topological polar surface area (TPSA) is 73.9 Å². The Balaban J connectivity index is 2.20. The zero-order chi connectivity index (χ0) is 12.3. The molecule has 0 saturated heterocycles. The minimum absolute atomic E-state index is 0.441. The Morgan fingerprint density at radius 3 is 2.82 bits per heavy atom. The first-order valence-electron chi connectivity index (χ1n) is 5.19. The van der Waals surface area contributed by atoms with Crippen LogP contribution in [0.2, 0.25) is 0 Å². The molecule has 0 aliphatic carbocycles. The summed E-state index contributed by atoms with van der Waals surface area (Å²) in [5.41, 5.74) is 7.54. The maximum Gasteiger partial charge on any atom is 0.137 e. The van der Waals surface area contributed by atoms with Crippen LogP contribution in [0, 0.1) is 6.92 Å². The van der Waals surface area contributed by atoms with Crippen molar-refractivity contribution in [2.75, 3.05) is 12.8 Å². The summed E-state index contributed by atoms with van der Waals surface area (Å²) in [6, 6.07) is 1.72. The van der Waals surface area contributed by atoms with Crippen LogP contribution in [0.25, 0.3) is 0 Å². The third-order valence-corrected chi connectivity index (χ3v) is 3.08. The molecule has 0 bridgehead atoms. The molecule has 2 aromatic rings. The zero-order valence-corrected chi connectivity index (χ0v) is 10.6. The van der Waals surface area contributed by atoms with Crippen molar-refractivity contribution in [3.05, 3.63) is 33.7 Å². The average Bonchev–Trinajstić information content (AvgIpc) is 2.63. The van der Waals surface area contributed by atoms with Crippen molar-refractivity contribution < 1.29 is 4.74 Å². The number of rotatable bonds is 4. The Kier molecular flexibility index (Phi) is 3.65. The van der Waals surface area contributed by atoms with Gasteiger partial charge in [0.1, 0.15) is 16.6 Å². The van der Waals surface area contributed by atoms with Crippen LogP contribution in [-0.4, -0.2) is 22.1 Å². The average molecular weight is 250 g/mol. The van der Waals surface area contributed by atoms with Gasteiger partial charge in [-0.3, -0.25) is 0 Å². The summed E-state index contributed by atoms with van der Waals surface area (Å²) < 4.78 is 5.03. The minimum Gasteiger partial charge on any atom is -0.384 e. The molecule has 0 radical (unpaired) electrons. The highest BCUT2D eigenvalue weighted by molar-refractivity contribution is 7.09. The van der Waals surface area contributed by atoms with E-state index in [0.717, 1.165) is 16.4 Å². The number of hydrogen-bond donors (Lipinski definition) is 1. The van der Waals surface area contributed by atoms with Crippen LogP contribution in [0.4, 0.5) is 5.82 Å². The number of anilines is 1. The number of ether oxygens (including phenoxy) is 1. The van der Waals surface area contributed by atoms with Crippen molar-refractivity contribution in [2.45, 2.75) is 20.0 Å². The van der Waals surface area contributed by atoms with Gasteiger partial charge in [-0.05, 0) is 6.92 Å². The Morgan fingerprint density at radius 2 is 2.18 bits per heavy atom. The maximum atomic E-state index is 5.72. The highest BCUT2D eigenvalue weighted by Gasteiger charge is 2.06. The van der Waals surface area contributed by atoms with Crippen LogP contribution in [0.5, 0.6) is 0 Å². The molecule has 0 aliphatic heterocycles. The smallest absolute Gasteiger partial charge is 0.137 e. The second kappa shape index (κ2) is 5.20. The zero-order valence-electron chi connectivity index (χ0n) is 9.80. The molecular formula is C11H14N4OS. The first-order valence-corrected chi connectivity index (χ1v) is 6.07. The maximum absolute atomic E-state index is 5.72. The van der Waals surface area contributed by atoms with Gasteiger partial charge in [-0.15, -0.1) is 11.3 Å². The lowest BCUT2D eigenvalue weighted by Gasteiger charge is -2.03. The van der Waals surface area contributed by atoms with Crippen LogP contribution >= 0.6 is 11.3 Å². The van der Waals surface area contributed by atoms with E-state index in [4.69, 9.17) is 10.5 Å². The molecule has 2 rings (SSSR count). The van der Waals surface area contributed by atoms with Crippen molar-refractivity contribution in [2.24, 2.45) is 0 Å². The van der Waals surface area contributed by atoms with E-state index in [1.165, 1.54) is 0 Å². The van der Waals surface area contributed by atoms with Gasteiger partial charge in [0, 0.05) is 24.3 Å². The van der Waals surface area contributed by atoms with Gasteiger partial charge in [0.15, 0.2) is 0 Å². The third-order valence-electron chi connectivity index (χ3n) is 2.11. The van der Waals surface area contributed by atoms with Gasteiger partial charge < -0.3 is 10.5 Å². The summed E-state index contributed by atoms with van der Waals surface area (Å²) in [4.78, 5) is 13.0. The van der Waals surface area contributed by atoms with E-state index in [-0.39, 0.29) is 0 Å². The van der Waals surface area contributed by atoms with Gasteiger partial charge in [-0.25, -0.2) is 15.0 Å². The van der Waals surface area contributed by atoms with Crippen molar-refractivity contribution in [3.63, 3.8) is 0 Å². The summed E-state index contributed by atoms with van der Waals surface area (Å²) in [5.74, 6) is 1.15. The Hall–Kier alpha value is -1.53. The lowest BCUT2D eigenvalue weighted by molar-refractivity contribution is 0.181. The molecule has 0 atom stereocenters. The number of hydrogen-bond acceptors (Lipinski definition) is 6. The number of methoxy groups -OCH3 is 1. The van der Waals surface area contributed by atoms with E-state index in [1.807, 2.05) is 12.3 Å². The number of nitrogens with two attached hydrogens (primary N) is 1. The number of aryl methyl sites for hydroxylation is 1. The van der Waals surface area contributed by atoms with Crippen LogP contribution in [-0.2, 0) is 17.8 Å². The Labute approximate surface area is 104 Å². The SMILES string of the molecule is COCc1cc(N)nc(Cc2nc(C)cs2)n1. The molecule has 6 heteroatoms. The first kappa shape index (κ1) is 11.9. The van der Waals surface area contributed by atoms with Crippen LogP contribution in [0.15, 0.2) is 11.4 Å². The molecule has 0 unspecified atom stereocenters. The molecule has 90 valence electrons. The molecular weight excluding hydrogens is 236 g/mol. The largest absolute Gasteiger partial charge is 0.384 e. The predicted molar refractivity (Wildman–Crippen MR) is 66.8 cm³/mol. The van der Waals surface area contributed by atoms with Gasteiger partial charge in [0.2, 0.25) is 0 Å². The van der Waals surface area contributed by atoms with Gasteiger partial charge in [0.25, 0.3) is 0 Å². The molecule has 0 aromatic carbocycles. The second-order valence-electron chi connectivity index (χ2n) is 3.69. The fraction of sp³-hybridized carbons (Fsp3) is 0.364. The fourth-order valence-electron chi connectivity index (χ4n) is 1.50. The Bertz CT molecular complexity index is 512. The summed E-state index contributed by atoms with van der Waals surface area (Å²) in [6.07, 6.45) is 0.611. The standard InChI is InChI=1S/C11H14N4OS/c1-7-6-17-11(13-7)4-10-14-8(5-16-2)3-9(12)15-10/h3,6H,4-5H2,1-2H3,(H2,12,14,15). The molecule has 0 saturated carbocycles. The van der Waals surface area contributed by atoms with Gasteiger partial charge >= 0.3 is 0 Å². The van der Waals surface area contributed by atoms with E-state index in [0.29, 0.717) is 24.7 Å². The predicted octanol–water partition coefficient (Wildman–Crippen LogP) is 1.56. The molecule has 2 N–H and O–H groups in total. The molecule has 0 amide bonds. The summed E-state index contributed by atoms with van der Waals surface area (Å²) in [6.45, 7) is 2.41. The fourth-order valence-corrected chi connectivity index (χ4v) is 2.26. The molecule has 17 heavy (non-hydrogen) atoms. The van der Waals surface area contributed by atoms with E-state index >= 15 is 0 Å². The van der Waals surface area contributed by atoms with E-state index in [2.05, 4.69) is 15.0 Å². The quantitative estimate of drug-likeness (QED) is 0.891.